The lowest BCUT2D eigenvalue weighted by Gasteiger charge is -2.17. The van der Waals surface area contributed by atoms with Gasteiger partial charge in [0, 0.05) is 26.6 Å². The highest BCUT2D eigenvalue weighted by atomic mass is 32.1. The monoisotopic (exact) mass is 430 g/mol. The molecule has 2 heterocycles. The molecular formula is C20H22N4O5S. The Morgan fingerprint density at radius 3 is 2.77 bits per heavy atom. The fraction of sp³-hybridized carbons (Fsp3) is 0.300. The van der Waals surface area contributed by atoms with Crippen molar-refractivity contribution in [3.8, 4) is 0 Å². The first-order chi connectivity index (χ1) is 14.3. The van der Waals surface area contributed by atoms with E-state index < -0.39 is 17.9 Å². The van der Waals surface area contributed by atoms with Crippen molar-refractivity contribution in [2.45, 2.75) is 25.9 Å². The second-order valence-electron chi connectivity index (χ2n) is 6.87. The molecule has 3 aromatic rings. The number of carbonyl (C=O) groups excluding carboxylic acids is 1. The average Bonchev–Trinajstić information content (AvgIpc) is 3.18. The van der Waals surface area contributed by atoms with Crippen molar-refractivity contribution in [2.75, 3.05) is 18.6 Å². The number of carboxylic acid groups (broad SMARTS) is 1. The van der Waals surface area contributed by atoms with E-state index in [1.165, 1.54) is 11.3 Å². The molecule has 0 unspecified atom stereocenters. The van der Waals surface area contributed by atoms with Crippen molar-refractivity contribution >= 4 is 39.1 Å². The second kappa shape index (κ2) is 9.06. The van der Waals surface area contributed by atoms with Gasteiger partial charge in [-0.3, -0.25) is 9.59 Å². The summed E-state index contributed by atoms with van der Waals surface area (Å²) in [6.45, 7) is 1.90. The highest BCUT2D eigenvalue weighted by Crippen LogP contribution is 2.27. The summed E-state index contributed by atoms with van der Waals surface area (Å²) < 4.78 is 0. The predicted molar refractivity (Wildman–Crippen MR) is 114 cm³/mol. The van der Waals surface area contributed by atoms with Gasteiger partial charge in [-0.15, -0.1) is 11.3 Å². The van der Waals surface area contributed by atoms with Gasteiger partial charge >= 0.3 is 5.97 Å². The first-order valence-electron chi connectivity index (χ1n) is 9.23. The third-order valence-electron chi connectivity index (χ3n) is 4.52. The minimum absolute atomic E-state index is 0.0608. The molecule has 4 N–H and O–H groups in total. The maximum absolute atomic E-state index is 12.3. The van der Waals surface area contributed by atoms with Crippen molar-refractivity contribution in [3.63, 3.8) is 0 Å². The normalized spacial score (nSPS) is 12.0. The number of aliphatic hydroxyl groups is 1. The van der Waals surface area contributed by atoms with Crippen molar-refractivity contribution in [2.24, 2.45) is 0 Å². The highest BCUT2D eigenvalue weighted by molar-refractivity contribution is 7.17. The van der Waals surface area contributed by atoms with Crippen LogP contribution >= 0.6 is 11.3 Å². The summed E-state index contributed by atoms with van der Waals surface area (Å²) in [5.41, 5.74) is 1.36. The van der Waals surface area contributed by atoms with Crippen LogP contribution < -0.4 is 15.8 Å². The molecule has 9 nitrogen and oxygen atoms in total. The largest absolute Gasteiger partial charge is 0.480 e. The highest BCUT2D eigenvalue weighted by Gasteiger charge is 2.21. The van der Waals surface area contributed by atoms with Gasteiger partial charge in [-0.2, -0.15) is 0 Å². The fourth-order valence-corrected chi connectivity index (χ4v) is 3.89. The number of aliphatic carboxylic acids is 1. The molecule has 10 heteroatoms. The van der Waals surface area contributed by atoms with E-state index in [9.17, 15) is 14.4 Å². The van der Waals surface area contributed by atoms with Gasteiger partial charge in [-0.25, -0.2) is 9.78 Å². The zero-order chi connectivity index (χ0) is 21.8. The molecule has 1 amide bonds. The van der Waals surface area contributed by atoms with Gasteiger partial charge in [0.25, 0.3) is 11.5 Å². The minimum atomic E-state index is -1.19. The number of H-pyrrole nitrogens is 1. The summed E-state index contributed by atoms with van der Waals surface area (Å²) in [5, 5.41) is 21.8. The van der Waals surface area contributed by atoms with Crippen molar-refractivity contribution in [1.82, 2.24) is 15.3 Å². The van der Waals surface area contributed by atoms with E-state index in [4.69, 9.17) is 10.2 Å². The van der Waals surface area contributed by atoms with Crippen LogP contribution in [-0.4, -0.2) is 51.8 Å². The van der Waals surface area contributed by atoms with Crippen molar-refractivity contribution in [1.29, 1.82) is 0 Å². The number of carbonyl (C=O) groups is 2. The van der Waals surface area contributed by atoms with E-state index in [1.807, 2.05) is 18.0 Å². The summed E-state index contributed by atoms with van der Waals surface area (Å²) in [5.74, 6) is -1.13. The quantitative estimate of drug-likeness (QED) is 0.425. The average molecular weight is 430 g/mol. The van der Waals surface area contributed by atoms with Crippen molar-refractivity contribution < 1.29 is 19.8 Å². The van der Waals surface area contributed by atoms with Crippen LogP contribution in [0.15, 0.2) is 35.1 Å². The van der Waals surface area contributed by atoms with Gasteiger partial charge in [-0.1, -0.05) is 6.07 Å². The molecule has 3 rings (SSSR count). The van der Waals surface area contributed by atoms with Gasteiger partial charge in [0.05, 0.1) is 20.8 Å². The number of benzene rings is 1. The van der Waals surface area contributed by atoms with Gasteiger partial charge in [0.2, 0.25) is 0 Å². The molecule has 0 saturated heterocycles. The molecule has 30 heavy (non-hydrogen) atoms. The standard InChI is InChI=1S/C20H22N4O5S/c1-11-21-14-4-3-12(9-13(14)18(26)22-11)10-24(2)17-6-5-16(30-17)19(27)23-15(7-8-25)20(28)29/h3-6,9,15,25H,7-8,10H2,1-2H3,(H,23,27)(H,28,29)(H,21,22,26)/t15-/m0/s1. The minimum Gasteiger partial charge on any atom is -0.480 e. The molecule has 0 aliphatic rings. The molecule has 0 spiro atoms. The van der Waals surface area contributed by atoms with E-state index >= 15 is 0 Å². The number of aromatic amines is 1. The fourth-order valence-electron chi connectivity index (χ4n) is 3.02. The topological polar surface area (TPSA) is 136 Å². The lowest BCUT2D eigenvalue weighted by Crippen LogP contribution is -2.41. The molecule has 0 saturated carbocycles. The number of rotatable bonds is 8. The Hall–Kier alpha value is -3.24. The Morgan fingerprint density at radius 1 is 1.30 bits per heavy atom. The summed E-state index contributed by atoms with van der Waals surface area (Å²) in [4.78, 5) is 45.0. The smallest absolute Gasteiger partial charge is 0.326 e. The van der Waals surface area contributed by atoms with Crippen LogP contribution in [0.1, 0.15) is 27.5 Å². The number of hydrogen-bond donors (Lipinski definition) is 4. The van der Waals surface area contributed by atoms with E-state index in [1.54, 1.807) is 31.2 Å². The SMILES string of the molecule is Cc1nc2ccc(CN(C)c3ccc(C(=O)N[C@@H](CCO)C(=O)O)s3)cc2c(=O)[nH]1. The molecule has 0 aliphatic carbocycles. The number of thiophene rings is 1. The van der Waals surface area contributed by atoms with Gasteiger partial charge in [0.1, 0.15) is 11.9 Å². The lowest BCUT2D eigenvalue weighted by atomic mass is 10.1. The Labute approximate surface area is 176 Å². The molecule has 0 fully saturated rings. The molecule has 1 atom stereocenters. The predicted octanol–water partition coefficient (Wildman–Crippen LogP) is 1.49. The van der Waals surface area contributed by atoms with Crippen LogP contribution in [0.2, 0.25) is 0 Å². The van der Waals surface area contributed by atoms with E-state index in [2.05, 4.69) is 15.3 Å². The second-order valence-corrected chi connectivity index (χ2v) is 7.94. The Balaban J connectivity index is 1.72. The number of nitrogens with one attached hydrogen (secondary N) is 2. The summed E-state index contributed by atoms with van der Waals surface area (Å²) in [6, 6.07) is 7.77. The van der Waals surface area contributed by atoms with Gasteiger partial charge < -0.3 is 25.4 Å². The first kappa shape index (κ1) is 21.5. The van der Waals surface area contributed by atoms with E-state index in [-0.39, 0.29) is 18.6 Å². The number of carboxylic acids is 1. The zero-order valence-electron chi connectivity index (χ0n) is 16.5. The zero-order valence-corrected chi connectivity index (χ0v) is 17.3. The van der Waals surface area contributed by atoms with Crippen molar-refractivity contribution in [3.05, 3.63) is 57.0 Å². The van der Waals surface area contributed by atoms with Gasteiger partial charge in [0.15, 0.2) is 0 Å². The molecule has 0 aliphatic heterocycles. The molecular weight excluding hydrogens is 408 g/mol. The van der Waals surface area contributed by atoms with Crippen LogP contribution in [-0.2, 0) is 11.3 Å². The number of hydrogen-bond acceptors (Lipinski definition) is 7. The first-order valence-corrected chi connectivity index (χ1v) is 10.0. The summed E-state index contributed by atoms with van der Waals surface area (Å²) >= 11 is 1.23. The maximum Gasteiger partial charge on any atom is 0.326 e. The molecule has 1 aromatic carbocycles. The Bertz CT molecular complexity index is 1140. The van der Waals surface area contributed by atoms with Crippen LogP contribution in [0, 0.1) is 6.92 Å². The molecule has 2 aromatic heterocycles. The molecule has 0 radical (unpaired) electrons. The third kappa shape index (κ3) is 4.84. The Kier molecular flexibility index (Phi) is 6.48. The number of anilines is 1. The number of aromatic nitrogens is 2. The summed E-state index contributed by atoms with van der Waals surface area (Å²) in [6.07, 6.45) is -0.0608. The maximum atomic E-state index is 12.3. The van der Waals surface area contributed by atoms with Crippen LogP contribution in [0.3, 0.4) is 0 Å². The summed E-state index contributed by atoms with van der Waals surface area (Å²) in [7, 11) is 1.86. The van der Waals surface area contributed by atoms with Crippen LogP contribution in [0.25, 0.3) is 10.9 Å². The number of nitrogens with zero attached hydrogens (tertiary/aromatic N) is 2. The van der Waals surface area contributed by atoms with Crippen LogP contribution in [0.5, 0.6) is 0 Å². The van der Waals surface area contributed by atoms with Gasteiger partial charge in [-0.05, 0) is 36.8 Å². The molecule has 0 bridgehead atoms. The third-order valence-corrected chi connectivity index (χ3v) is 5.72. The Morgan fingerprint density at radius 2 is 2.07 bits per heavy atom. The lowest BCUT2D eigenvalue weighted by molar-refractivity contribution is -0.139. The van der Waals surface area contributed by atoms with E-state index in [0.717, 1.165) is 10.6 Å². The number of aryl methyl sites for hydroxylation is 1. The number of fused-ring (bicyclic) bond motifs is 1. The number of amides is 1. The molecule has 158 valence electrons. The number of aliphatic hydroxyl groups excluding tert-OH is 1. The van der Waals surface area contributed by atoms with Crippen LogP contribution in [0.4, 0.5) is 5.00 Å². The van der Waals surface area contributed by atoms with E-state index in [0.29, 0.717) is 28.1 Å².